The zero-order valence-corrected chi connectivity index (χ0v) is 34.9. The highest BCUT2D eigenvalue weighted by molar-refractivity contribution is 6.00. The number of imide groups is 1. The van der Waals surface area contributed by atoms with Crippen LogP contribution in [0.2, 0.25) is 0 Å². The van der Waals surface area contributed by atoms with Gasteiger partial charge in [0, 0.05) is 69.1 Å². The molecular weight excluding hydrogens is 810 g/mol. The quantitative estimate of drug-likeness (QED) is 0.0554. The Balaban J connectivity index is 0.769. The number of aryl methyl sites for hydroxylation is 2. The number of fused-ring (bicyclic) bond motifs is 2. The number of nitrogens with zero attached hydrogens (tertiary/aromatic N) is 5. The van der Waals surface area contributed by atoms with Crippen molar-refractivity contribution in [2.45, 2.75) is 88.7 Å². The fourth-order valence-corrected chi connectivity index (χ4v) is 8.17. The monoisotopic (exact) mass is 864 g/mol. The summed E-state index contributed by atoms with van der Waals surface area (Å²) in [4.78, 5) is 46.0. The second-order valence-corrected chi connectivity index (χ2v) is 16.0. The molecule has 2 amide bonds. The molecule has 2 fully saturated rings. The fourth-order valence-electron chi connectivity index (χ4n) is 8.17. The van der Waals surface area contributed by atoms with Crippen LogP contribution in [0.1, 0.15) is 74.6 Å². The van der Waals surface area contributed by atoms with Crippen LogP contribution in [0, 0.1) is 0 Å². The molecule has 1 saturated carbocycles. The van der Waals surface area contributed by atoms with Gasteiger partial charge in [-0.05, 0) is 73.8 Å². The van der Waals surface area contributed by atoms with Gasteiger partial charge in [-0.3, -0.25) is 24.0 Å². The number of hydrogen-bond acceptors (Lipinski definition) is 11. The molecule has 3 aromatic heterocycles. The first-order chi connectivity index (χ1) is 29.9. The first kappa shape index (κ1) is 44.9. The SMILES string of the molecule is Cn1c(=O)n([C@H]2CCC(=O)NC2=O)c2ccc(CCCOCCOCCOCCNCc3ccc(-c4cn([C@H]5CC[C@H](O)CC5)c5nc(NCCC(F)(F)F)ncc45)cc3)cc21. The van der Waals surface area contributed by atoms with E-state index in [-0.39, 0.29) is 42.7 Å². The summed E-state index contributed by atoms with van der Waals surface area (Å²) in [6.45, 7) is 3.97. The van der Waals surface area contributed by atoms with E-state index in [1.54, 1.807) is 17.8 Å². The Hall–Kier alpha value is -5.14. The number of hydrogen-bond donors (Lipinski definition) is 4. The minimum atomic E-state index is -4.27. The van der Waals surface area contributed by atoms with Crippen LogP contribution in [0.5, 0.6) is 0 Å². The highest BCUT2D eigenvalue weighted by Gasteiger charge is 2.31. The number of alkyl halides is 3. The maximum Gasteiger partial charge on any atom is 0.390 e. The molecule has 1 aliphatic heterocycles. The summed E-state index contributed by atoms with van der Waals surface area (Å²) >= 11 is 0. The number of anilines is 1. The summed E-state index contributed by atoms with van der Waals surface area (Å²) in [5.74, 6) is -0.610. The highest BCUT2D eigenvalue weighted by Crippen LogP contribution is 2.37. The summed E-state index contributed by atoms with van der Waals surface area (Å²) in [6, 6.07) is 13.4. The first-order valence-corrected chi connectivity index (χ1v) is 21.4. The van der Waals surface area contributed by atoms with Crippen molar-refractivity contribution in [1.29, 1.82) is 0 Å². The van der Waals surface area contributed by atoms with Gasteiger partial charge in [-0.15, -0.1) is 0 Å². The second kappa shape index (κ2) is 20.8. The summed E-state index contributed by atoms with van der Waals surface area (Å²) in [5.41, 5.74) is 5.87. The van der Waals surface area contributed by atoms with Gasteiger partial charge in [-0.25, -0.2) is 9.78 Å². The molecule has 18 heteroatoms. The van der Waals surface area contributed by atoms with E-state index in [1.165, 1.54) is 4.57 Å². The topological polar surface area (TPSA) is 176 Å². The predicted octanol–water partition coefficient (Wildman–Crippen LogP) is 5.34. The van der Waals surface area contributed by atoms with Crippen molar-refractivity contribution < 1.29 is 42.1 Å². The van der Waals surface area contributed by atoms with Crippen LogP contribution in [0.3, 0.4) is 0 Å². The number of rotatable bonds is 21. The molecule has 15 nitrogen and oxygen atoms in total. The number of aliphatic hydroxyl groups excluding tert-OH is 1. The minimum absolute atomic E-state index is 0.119. The van der Waals surface area contributed by atoms with E-state index in [4.69, 9.17) is 14.2 Å². The van der Waals surface area contributed by atoms with E-state index >= 15 is 0 Å². The van der Waals surface area contributed by atoms with Crippen molar-refractivity contribution in [1.82, 2.24) is 34.3 Å². The predicted molar refractivity (Wildman–Crippen MR) is 227 cm³/mol. The zero-order chi connectivity index (χ0) is 43.6. The van der Waals surface area contributed by atoms with E-state index < -0.39 is 24.5 Å². The van der Waals surface area contributed by atoms with Gasteiger partial charge >= 0.3 is 11.9 Å². The lowest BCUT2D eigenvalue weighted by Gasteiger charge is -2.27. The molecule has 1 atom stereocenters. The third kappa shape index (κ3) is 11.5. The molecule has 4 heterocycles. The van der Waals surface area contributed by atoms with Crippen molar-refractivity contribution >= 4 is 39.8 Å². The van der Waals surface area contributed by atoms with Gasteiger partial charge in [0.25, 0.3) is 0 Å². The molecule has 5 aromatic rings. The van der Waals surface area contributed by atoms with Crippen molar-refractivity contribution in [3.8, 4) is 11.1 Å². The number of carbonyl (C=O) groups is 2. The molecule has 334 valence electrons. The molecule has 0 unspecified atom stereocenters. The average Bonchev–Trinajstić information content (AvgIpc) is 3.74. The lowest BCUT2D eigenvalue weighted by Crippen LogP contribution is -2.44. The molecule has 0 bridgehead atoms. The van der Waals surface area contributed by atoms with Crippen LogP contribution in [-0.4, -0.2) is 106 Å². The van der Waals surface area contributed by atoms with Crippen LogP contribution in [-0.2, 0) is 43.8 Å². The number of amides is 2. The smallest absolute Gasteiger partial charge is 0.390 e. The summed E-state index contributed by atoms with van der Waals surface area (Å²) in [7, 11) is 1.69. The molecule has 62 heavy (non-hydrogen) atoms. The summed E-state index contributed by atoms with van der Waals surface area (Å²) < 4.78 is 60.4. The molecule has 2 aliphatic rings. The number of ether oxygens (including phenoxy) is 3. The van der Waals surface area contributed by atoms with Crippen LogP contribution in [0.4, 0.5) is 19.1 Å². The largest absolute Gasteiger partial charge is 0.393 e. The molecule has 1 aliphatic carbocycles. The van der Waals surface area contributed by atoms with Gasteiger partial charge < -0.3 is 34.5 Å². The number of aliphatic hydroxyl groups is 1. The van der Waals surface area contributed by atoms with Crippen LogP contribution in [0.15, 0.2) is 59.7 Å². The van der Waals surface area contributed by atoms with Crippen molar-refractivity contribution in [2.24, 2.45) is 7.05 Å². The number of carbonyl (C=O) groups excluding carboxylic acids is 2. The standard InChI is InChI=1S/C44H55F3N8O7/c1-53-38-25-29(6-13-36(38)55(43(53)59)37-14-15-39(57)51-41(37)58)3-2-19-60-21-23-62-24-22-61-20-18-48-26-30-4-7-31(8-5-30)35-28-54(32-9-11-33(56)12-10-32)40-34(35)27-50-42(52-40)49-17-16-44(45,46)47/h4-8,13,25,27-28,32-33,37,48,56H,2-3,9-12,14-24,26H2,1H3,(H,49,50,52)(H,51,57,58)/t32-,33-,37-/m0/s1. The highest BCUT2D eigenvalue weighted by atomic mass is 19.4. The van der Waals surface area contributed by atoms with Gasteiger partial charge in [0.05, 0.1) is 56.6 Å². The Morgan fingerprint density at radius 2 is 1.58 bits per heavy atom. The maximum atomic E-state index is 13.0. The normalized spacial score (nSPS) is 18.5. The molecule has 0 spiro atoms. The molecule has 2 aromatic carbocycles. The van der Waals surface area contributed by atoms with Gasteiger partial charge in [-0.2, -0.15) is 18.2 Å². The number of piperidine rings is 1. The Labute approximate surface area is 356 Å². The minimum Gasteiger partial charge on any atom is -0.393 e. The van der Waals surface area contributed by atoms with E-state index in [1.807, 2.05) is 30.3 Å². The van der Waals surface area contributed by atoms with Gasteiger partial charge in [0.2, 0.25) is 17.8 Å². The van der Waals surface area contributed by atoms with Crippen molar-refractivity contribution in [3.63, 3.8) is 0 Å². The van der Waals surface area contributed by atoms with E-state index in [0.29, 0.717) is 83.2 Å². The number of halogens is 3. The molecule has 7 rings (SSSR count). The second-order valence-electron chi connectivity index (χ2n) is 16.0. The summed E-state index contributed by atoms with van der Waals surface area (Å²) in [5, 5.41) is 19.3. The molecule has 4 N–H and O–H groups in total. The van der Waals surface area contributed by atoms with Gasteiger partial charge in [0.15, 0.2) is 0 Å². The van der Waals surface area contributed by atoms with E-state index in [0.717, 1.165) is 58.8 Å². The molecule has 1 saturated heterocycles. The first-order valence-electron chi connectivity index (χ1n) is 21.4. The summed E-state index contributed by atoms with van der Waals surface area (Å²) in [6.07, 6.45) is 3.14. The Bertz CT molecular complexity index is 2350. The van der Waals surface area contributed by atoms with Crippen LogP contribution in [0.25, 0.3) is 33.2 Å². The number of nitrogens with one attached hydrogen (secondary N) is 3. The lowest BCUT2D eigenvalue weighted by atomic mass is 9.93. The molecule has 0 radical (unpaired) electrons. The lowest BCUT2D eigenvalue weighted by molar-refractivity contribution is -0.136. The van der Waals surface area contributed by atoms with E-state index in [2.05, 4.69) is 48.8 Å². The Morgan fingerprint density at radius 1 is 0.871 bits per heavy atom. The van der Waals surface area contributed by atoms with Crippen LogP contribution < -0.4 is 21.6 Å². The third-order valence-corrected chi connectivity index (χ3v) is 11.5. The number of aromatic nitrogens is 5. The number of imidazole rings is 1. The average molecular weight is 865 g/mol. The van der Waals surface area contributed by atoms with E-state index in [9.17, 15) is 32.7 Å². The van der Waals surface area contributed by atoms with Crippen LogP contribution >= 0.6 is 0 Å². The Kier molecular flexibility index (Phi) is 15.1. The van der Waals surface area contributed by atoms with Gasteiger partial charge in [0.1, 0.15) is 11.7 Å². The van der Waals surface area contributed by atoms with Crippen molar-refractivity contribution in [2.75, 3.05) is 58.0 Å². The fraction of sp³-hybridized carbons (Fsp3) is 0.523. The number of benzene rings is 2. The van der Waals surface area contributed by atoms with Crippen molar-refractivity contribution in [3.05, 3.63) is 76.5 Å². The molecular formula is C44H55F3N8O7. The zero-order valence-electron chi connectivity index (χ0n) is 34.9. The Morgan fingerprint density at radius 3 is 2.31 bits per heavy atom. The maximum absolute atomic E-state index is 13.0. The van der Waals surface area contributed by atoms with Gasteiger partial charge in [-0.1, -0.05) is 30.3 Å². The third-order valence-electron chi connectivity index (χ3n) is 11.5.